The van der Waals surface area contributed by atoms with Gasteiger partial charge in [0, 0.05) is 39.7 Å². The van der Waals surface area contributed by atoms with Gasteiger partial charge in [0.2, 0.25) is 12.5 Å². The monoisotopic (exact) mass is 505 g/mol. The lowest BCUT2D eigenvalue weighted by atomic mass is 9.91. The lowest BCUT2D eigenvalue weighted by Crippen LogP contribution is -2.99. The first kappa shape index (κ1) is 24.3. The Morgan fingerprint density at radius 2 is 1.89 bits per heavy atom. The molecule has 2 atom stereocenters. The molecular weight excluding hydrogens is 478 g/mol. The van der Waals surface area contributed by atoms with Crippen LogP contribution in [0.15, 0.2) is 64.4 Å². The molecule has 0 radical (unpaired) electrons. The summed E-state index contributed by atoms with van der Waals surface area (Å²) >= 11 is 1.58. The van der Waals surface area contributed by atoms with Crippen molar-refractivity contribution in [3.05, 3.63) is 70.9 Å². The van der Waals surface area contributed by atoms with Gasteiger partial charge < -0.3 is 24.7 Å². The minimum Gasteiger partial charge on any atom is -0.595 e. The Balaban J connectivity index is 1.23. The van der Waals surface area contributed by atoms with E-state index in [2.05, 4.69) is 35.2 Å². The number of nitrogens with one attached hydrogen (secondary N) is 2. The third-order valence-electron chi connectivity index (χ3n) is 6.21. The molecule has 0 aliphatic carbocycles. The molecule has 2 aliphatic heterocycles. The average Bonchev–Trinajstić information content (AvgIpc) is 3.36. The second kappa shape index (κ2) is 10.7. The first-order valence-corrected chi connectivity index (χ1v) is 12.4. The van der Waals surface area contributed by atoms with E-state index in [-0.39, 0.29) is 18.5 Å². The van der Waals surface area contributed by atoms with Gasteiger partial charge in [-0.15, -0.1) is 0 Å². The second-order valence-electron chi connectivity index (χ2n) is 8.48. The smallest absolute Gasteiger partial charge is 0.231 e. The first-order chi connectivity index (χ1) is 17.5. The van der Waals surface area contributed by atoms with Gasteiger partial charge >= 0.3 is 0 Å². The van der Waals surface area contributed by atoms with Crippen molar-refractivity contribution in [3.63, 3.8) is 0 Å². The van der Waals surface area contributed by atoms with Gasteiger partial charge in [0.15, 0.2) is 17.2 Å². The number of ether oxygens (including phenoxy) is 3. The van der Waals surface area contributed by atoms with Gasteiger partial charge in [0.05, 0.1) is 13.7 Å². The summed E-state index contributed by atoms with van der Waals surface area (Å²) in [4.78, 5) is 4.29. The summed E-state index contributed by atoms with van der Waals surface area (Å²) in [5.41, 5.74) is 3.51. The number of nitrogens with zero attached hydrogens (tertiary/aromatic N) is 1. The number of hydrogen-bond donors (Lipinski definition) is 3. The predicted molar refractivity (Wildman–Crippen MR) is 137 cm³/mol. The zero-order valence-corrected chi connectivity index (χ0v) is 20.9. The van der Waals surface area contributed by atoms with E-state index in [1.54, 1.807) is 31.0 Å². The third-order valence-corrected chi connectivity index (χ3v) is 7.22. The van der Waals surface area contributed by atoms with E-state index in [0.717, 1.165) is 39.8 Å². The molecule has 186 valence electrons. The summed E-state index contributed by atoms with van der Waals surface area (Å²) in [5.74, 6) is 8.80. The summed E-state index contributed by atoms with van der Waals surface area (Å²) in [5, 5.41) is 22.5. The zero-order valence-electron chi connectivity index (χ0n) is 20.0. The summed E-state index contributed by atoms with van der Waals surface area (Å²) in [6, 6.07) is 16.9. The van der Waals surface area contributed by atoms with Crippen LogP contribution in [0.25, 0.3) is 0 Å². The Morgan fingerprint density at radius 3 is 2.58 bits per heavy atom. The molecule has 0 aromatic heterocycles. The van der Waals surface area contributed by atoms with Crippen LogP contribution in [-0.2, 0) is 6.42 Å². The van der Waals surface area contributed by atoms with Crippen LogP contribution in [0.4, 0.5) is 11.4 Å². The van der Waals surface area contributed by atoms with E-state index in [1.165, 1.54) is 5.56 Å². The number of quaternary nitrogens is 1. The highest BCUT2D eigenvalue weighted by Crippen LogP contribution is 2.49. The predicted octanol–water partition coefficient (Wildman–Crippen LogP) is 3.62. The summed E-state index contributed by atoms with van der Waals surface area (Å²) in [7, 11) is 3.73. The Labute approximate surface area is 214 Å². The van der Waals surface area contributed by atoms with Crippen LogP contribution >= 0.6 is 11.8 Å². The molecule has 0 saturated heterocycles. The Bertz CT molecular complexity index is 1290. The SMILES string of the molecule is COc1c2c(cc3c1C(C#CCNc1ccc(Sc4ccc([NH+]([O-])O)cc4)cc1)N(C)CC3)OCO2. The maximum atomic E-state index is 11.0. The second-order valence-corrected chi connectivity index (χ2v) is 9.63. The number of hydrogen-bond acceptors (Lipinski definition) is 8. The lowest BCUT2D eigenvalue weighted by Gasteiger charge is -2.32. The molecular formula is C27H27N3O5S. The molecule has 5 rings (SSSR count). The quantitative estimate of drug-likeness (QED) is 0.346. The van der Waals surface area contributed by atoms with Crippen LogP contribution in [0.2, 0.25) is 0 Å². The highest BCUT2D eigenvalue weighted by Gasteiger charge is 2.33. The van der Waals surface area contributed by atoms with Crippen LogP contribution in [-0.4, -0.2) is 44.1 Å². The highest BCUT2D eigenvalue weighted by atomic mass is 32.2. The van der Waals surface area contributed by atoms with Crippen molar-refractivity contribution >= 4 is 23.1 Å². The number of anilines is 1. The largest absolute Gasteiger partial charge is 0.595 e. The maximum Gasteiger partial charge on any atom is 0.231 e. The van der Waals surface area contributed by atoms with Crippen molar-refractivity contribution < 1.29 is 24.6 Å². The molecule has 2 aliphatic rings. The van der Waals surface area contributed by atoms with Crippen LogP contribution in [0.5, 0.6) is 17.2 Å². The fraction of sp³-hybridized carbons (Fsp3) is 0.259. The minimum atomic E-state index is -0.921. The molecule has 8 nitrogen and oxygen atoms in total. The molecule has 3 aromatic carbocycles. The van der Waals surface area contributed by atoms with Crippen LogP contribution in [0.3, 0.4) is 0 Å². The average molecular weight is 506 g/mol. The van der Waals surface area contributed by atoms with Crippen LogP contribution in [0.1, 0.15) is 17.2 Å². The molecule has 3 aromatic rings. The number of likely N-dealkylation sites (N-methyl/N-ethyl adjacent to an activating group) is 1. The van der Waals surface area contributed by atoms with Crippen molar-refractivity contribution in [1.82, 2.24) is 4.90 Å². The van der Waals surface area contributed by atoms with E-state index < -0.39 is 5.23 Å². The van der Waals surface area contributed by atoms with E-state index in [1.807, 2.05) is 36.4 Å². The van der Waals surface area contributed by atoms with Crippen molar-refractivity contribution in [3.8, 4) is 29.1 Å². The Morgan fingerprint density at radius 1 is 1.17 bits per heavy atom. The van der Waals surface area contributed by atoms with Gasteiger partial charge in [-0.2, -0.15) is 5.23 Å². The number of fused-ring (bicyclic) bond motifs is 2. The fourth-order valence-corrected chi connectivity index (χ4v) is 5.17. The number of benzene rings is 3. The summed E-state index contributed by atoms with van der Waals surface area (Å²) in [6.07, 6.45) is 0.906. The summed E-state index contributed by atoms with van der Waals surface area (Å²) < 4.78 is 17.0. The zero-order chi connectivity index (χ0) is 25.1. The summed E-state index contributed by atoms with van der Waals surface area (Å²) in [6.45, 7) is 1.62. The molecule has 0 fully saturated rings. The van der Waals surface area contributed by atoms with Gasteiger partial charge in [-0.1, -0.05) is 23.6 Å². The van der Waals surface area contributed by atoms with E-state index in [9.17, 15) is 5.21 Å². The topological polar surface area (TPSA) is 90.7 Å². The van der Waals surface area contributed by atoms with Gasteiger partial charge in [0.1, 0.15) is 6.04 Å². The molecule has 0 spiro atoms. The number of methoxy groups -OCH3 is 1. The molecule has 36 heavy (non-hydrogen) atoms. The maximum absolute atomic E-state index is 11.0. The Kier molecular flexibility index (Phi) is 7.23. The standard InChI is InChI=1S/C27H27N3O5S/c1-29-15-13-18-16-24-26(35-17-34-24)27(33-2)25(18)23(29)4-3-14-28-19-5-9-21(10-6-19)36-22-11-7-20(8-12-22)30(31)32/h5-12,16,23,28,30-31H,13-15,17H2,1-2H3. The normalized spacial score (nSPS) is 17.1. The highest BCUT2D eigenvalue weighted by molar-refractivity contribution is 7.99. The van der Waals surface area contributed by atoms with Crippen LogP contribution < -0.4 is 24.8 Å². The molecule has 2 unspecified atom stereocenters. The van der Waals surface area contributed by atoms with Gasteiger partial charge in [-0.05, 0) is 61.5 Å². The van der Waals surface area contributed by atoms with Crippen molar-refractivity contribution in [2.24, 2.45) is 0 Å². The fourth-order valence-electron chi connectivity index (χ4n) is 4.35. The van der Waals surface area contributed by atoms with E-state index >= 15 is 0 Å². The van der Waals surface area contributed by atoms with Crippen molar-refractivity contribution in [1.29, 1.82) is 0 Å². The molecule has 0 saturated carbocycles. The van der Waals surface area contributed by atoms with E-state index in [4.69, 9.17) is 19.4 Å². The lowest BCUT2D eigenvalue weighted by molar-refractivity contribution is -0.991. The van der Waals surface area contributed by atoms with Crippen molar-refractivity contribution in [2.75, 3.05) is 39.4 Å². The molecule has 0 bridgehead atoms. The third kappa shape index (κ3) is 5.09. The Hall–Kier alpha value is -3.39. The van der Waals surface area contributed by atoms with Crippen LogP contribution in [0, 0.1) is 17.0 Å². The number of rotatable bonds is 6. The molecule has 2 heterocycles. The van der Waals surface area contributed by atoms with E-state index in [0.29, 0.717) is 18.0 Å². The van der Waals surface area contributed by atoms with Gasteiger partial charge in [-0.3, -0.25) is 4.90 Å². The van der Waals surface area contributed by atoms with Gasteiger partial charge in [0.25, 0.3) is 0 Å². The molecule has 0 amide bonds. The molecule has 9 heteroatoms. The first-order valence-electron chi connectivity index (χ1n) is 11.6. The molecule has 3 N–H and O–H groups in total. The minimum absolute atomic E-state index is 0.0914. The van der Waals surface area contributed by atoms with Gasteiger partial charge in [-0.25, -0.2) is 5.21 Å². The van der Waals surface area contributed by atoms with Crippen molar-refractivity contribution in [2.45, 2.75) is 22.3 Å².